The second kappa shape index (κ2) is 8.77. The fourth-order valence-electron chi connectivity index (χ4n) is 2.83. The number of carbonyl (C=O) groups is 3. The Morgan fingerprint density at radius 3 is 2.54 bits per heavy atom. The van der Waals surface area contributed by atoms with Crippen LogP contribution in [-0.2, 0) is 14.3 Å². The van der Waals surface area contributed by atoms with Gasteiger partial charge in [0.05, 0.1) is 12.4 Å². The lowest BCUT2D eigenvalue weighted by Gasteiger charge is -2.33. The number of amides is 2. The second-order valence-corrected chi connectivity index (χ2v) is 8.24. The summed E-state index contributed by atoms with van der Waals surface area (Å²) in [5.41, 5.74) is -0.233. The van der Waals surface area contributed by atoms with Crippen molar-refractivity contribution in [3.63, 3.8) is 0 Å². The SMILES string of the molecule is Cc1occc1OC(=O)N[C@@H](CC(C)(C)C(C)C)C(=O)N[C@@H]1C(=O)CO[C@H]1C. The molecule has 0 spiro atoms. The Labute approximate surface area is 165 Å². The van der Waals surface area contributed by atoms with Crippen molar-refractivity contribution in [1.29, 1.82) is 0 Å². The molecule has 2 heterocycles. The Morgan fingerprint density at radius 2 is 2.04 bits per heavy atom. The largest absolute Gasteiger partial charge is 0.466 e. The molecule has 0 aromatic carbocycles. The van der Waals surface area contributed by atoms with Gasteiger partial charge in [0.25, 0.3) is 0 Å². The first-order chi connectivity index (χ1) is 13.0. The first-order valence-corrected chi connectivity index (χ1v) is 9.48. The Hall–Kier alpha value is -2.35. The van der Waals surface area contributed by atoms with Gasteiger partial charge in [-0.1, -0.05) is 27.7 Å². The number of aryl methyl sites for hydroxylation is 1. The number of Topliss-reactive ketones (excluding diaryl/α,β-unsaturated/α-hetero) is 1. The maximum atomic E-state index is 12.9. The third-order valence-electron chi connectivity index (χ3n) is 5.52. The zero-order chi connectivity index (χ0) is 21.1. The van der Waals surface area contributed by atoms with Crippen molar-refractivity contribution in [3.8, 4) is 5.75 Å². The van der Waals surface area contributed by atoms with E-state index < -0.39 is 30.2 Å². The first kappa shape index (κ1) is 21.9. The monoisotopic (exact) mass is 394 g/mol. The maximum absolute atomic E-state index is 12.9. The standard InChI is InChI=1S/C20H30N2O6/c1-11(2)20(5,6)9-14(18(24)22-17-13(4)27-10-15(17)23)21-19(25)28-16-7-8-26-12(16)3/h7-8,11,13-14,17H,9-10H2,1-6H3,(H,21,25)(H,22,24)/t13-,14-,17-/m0/s1. The van der Waals surface area contributed by atoms with Crippen LogP contribution in [-0.4, -0.2) is 42.6 Å². The normalized spacial score (nSPS) is 20.9. The van der Waals surface area contributed by atoms with Crippen LogP contribution in [0.2, 0.25) is 0 Å². The predicted molar refractivity (Wildman–Crippen MR) is 102 cm³/mol. The van der Waals surface area contributed by atoms with Gasteiger partial charge >= 0.3 is 6.09 Å². The molecular weight excluding hydrogens is 364 g/mol. The zero-order valence-corrected chi connectivity index (χ0v) is 17.3. The fraction of sp³-hybridized carbons (Fsp3) is 0.650. The van der Waals surface area contributed by atoms with Gasteiger partial charge in [-0.2, -0.15) is 0 Å². The fourth-order valence-corrected chi connectivity index (χ4v) is 2.83. The van der Waals surface area contributed by atoms with Gasteiger partial charge in [-0.05, 0) is 31.6 Å². The molecule has 0 saturated carbocycles. The Kier molecular flexibility index (Phi) is 6.87. The van der Waals surface area contributed by atoms with Gasteiger partial charge in [0, 0.05) is 6.07 Å². The summed E-state index contributed by atoms with van der Waals surface area (Å²) in [5.74, 6) is 0.394. The van der Waals surface area contributed by atoms with Crippen LogP contribution < -0.4 is 15.4 Å². The van der Waals surface area contributed by atoms with E-state index in [0.29, 0.717) is 12.2 Å². The highest BCUT2D eigenvalue weighted by atomic mass is 16.6. The summed E-state index contributed by atoms with van der Waals surface area (Å²) >= 11 is 0. The van der Waals surface area contributed by atoms with Gasteiger partial charge in [0.2, 0.25) is 5.91 Å². The number of rotatable bonds is 7. The molecule has 1 aliphatic heterocycles. The smallest absolute Gasteiger partial charge is 0.413 e. The molecule has 156 valence electrons. The van der Waals surface area contributed by atoms with Crippen molar-refractivity contribution >= 4 is 17.8 Å². The third-order valence-corrected chi connectivity index (χ3v) is 5.52. The summed E-state index contributed by atoms with van der Waals surface area (Å²) < 4.78 is 15.6. The molecule has 3 atom stereocenters. The number of ketones is 1. The molecule has 8 nitrogen and oxygen atoms in total. The van der Waals surface area contributed by atoms with E-state index in [-0.39, 0.29) is 29.5 Å². The van der Waals surface area contributed by atoms with E-state index in [1.807, 2.05) is 13.8 Å². The summed E-state index contributed by atoms with van der Waals surface area (Å²) in [5, 5.41) is 5.34. The summed E-state index contributed by atoms with van der Waals surface area (Å²) in [6, 6.07) is -0.0538. The Balaban J connectivity index is 2.11. The van der Waals surface area contributed by atoms with Crippen molar-refractivity contribution in [2.24, 2.45) is 11.3 Å². The van der Waals surface area contributed by atoms with Gasteiger partial charge in [0.15, 0.2) is 11.5 Å². The van der Waals surface area contributed by atoms with Crippen molar-refractivity contribution < 1.29 is 28.3 Å². The minimum absolute atomic E-state index is 0.0243. The molecule has 1 aromatic heterocycles. The predicted octanol–water partition coefficient (Wildman–Crippen LogP) is 2.59. The lowest BCUT2D eigenvalue weighted by Crippen LogP contribution is -2.54. The molecule has 1 aliphatic rings. The summed E-state index contributed by atoms with van der Waals surface area (Å²) in [7, 11) is 0. The molecule has 0 aliphatic carbocycles. The van der Waals surface area contributed by atoms with Crippen LogP contribution >= 0.6 is 0 Å². The van der Waals surface area contributed by atoms with Crippen LogP contribution in [0.5, 0.6) is 5.75 Å². The minimum Gasteiger partial charge on any atom is -0.466 e. The number of hydrogen-bond donors (Lipinski definition) is 2. The quantitative estimate of drug-likeness (QED) is 0.736. The molecule has 2 N–H and O–H groups in total. The first-order valence-electron chi connectivity index (χ1n) is 9.48. The van der Waals surface area contributed by atoms with Crippen molar-refractivity contribution in [2.45, 2.75) is 66.2 Å². The molecule has 0 bridgehead atoms. The van der Waals surface area contributed by atoms with Gasteiger partial charge in [-0.15, -0.1) is 0 Å². The molecule has 2 amide bonds. The Morgan fingerprint density at radius 1 is 1.36 bits per heavy atom. The van der Waals surface area contributed by atoms with Crippen molar-refractivity contribution in [3.05, 3.63) is 18.1 Å². The number of hydrogen-bond acceptors (Lipinski definition) is 6. The Bertz CT molecular complexity index is 724. The molecular formula is C20H30N2O6. The van der Waals surface area contributed by atoms with Crippen LogP contribution in [0.1, 0.15) is 46.8 Å². The molecule has 0 unspecified atom stereocenters. The van der Waals surface area contributed by atoms with E-state index in [0.717, 1.165) is 0 Å². The van der Waals surface area contributed by atoms with Crippen LogP contribution in [0.3, 0.4) is 0 Å². The molecule has 1 saturated heterocycles. The van der Waals surface area contributed by atoms with E-state index in [4.69, 9.17) is 13.9 Å². The van der Waals surface area contributed by atoms with Gasteiger partial charge in [0.1, 0.15) is 24.5 Å². The van der Waals surface area contributed by atoms with E-state index >= 15 is 0 Å². The van der Waals surface area contributed by atoms with Crippen LogP contribution in [0.25, 0.3) is 0 Å². The highest BCUT2D eigenvalue weighted by molar-refractivity contribution is 5.94. The third kappa shape index (κ3) is 5.34. The maximum Gasteiger partial charge on any atom is 0.413 e. The number of furan rings is 1. The number of carbonyl (C=O) groups excluding carboxylic acids is 3. The minimum atomic E-state index is -0.863. The lowest BCUT2D eigenvalue weighted by atomic mass is 9.76. The number of ether oxygens (including phenoxy) is 2. The molecule has 1 aromatic rings. The summed E-state index contributed by atoms with van der Waals surface area (Å²) in [4.78, 5) is 37.2. The van der Waals surface area contributed by atoms with Crippen LogP contribution in [0, 0.1) is 18.3 Å². The molecule has 0 radical (unpaired) electrons. The van der Waals surface area contributed by atoms with Gasteiger partial charge in [-0.25, -0.2) is 4.79 Å². The van der Waals surface area contributed by atoms with Gasteiger partial charge < -0.3 is 24.5 Å². The second-order valence-electron chi connectivity index (χ2n) is 8.24. The lowest BCUT2D eigenvalue weighted by molar-refractivity contribution is -0.128. The van der Waals surface area contributed by atoms with Crippen LogP contribution in [0.4, 0.5) is 4.79 Å². The molecule has 28 heavy (non-hydrogen) atoms. The average molecular weight is 394 g/mol. The van der Waals surface area contributed by atoms with E-state index in [9.17, 15) is 14.4 Å². The highest BCUT2D eigenvalue weighted by Gasteiger charge is 2.38. The summed E-state index contributed by atoms with van der Waals surface area (Å²) in [6.45, 7) is 11.5. The topological polar surface area (TPSA) is 107 Å². The van der Waals surface area contributed by atoms with Crippen molar-refractivity contribution in [1.82, 2.24) is 10.6 Å². The van der Waals surface area contributed by atoms with E-state index in [1.165, 1.54) is 12.3 Å². The van der Waals surface area contributed by atoms with E-state index in [2.05, 4.69) is 24.5 Å². The zero-order valence-electron chi connectivity index (χ0n) is 17.3. The molecule has 8 heteroatoms. The molecule has 2 rings (SSSR count). The highest BCUT2D eigenvalue weighted by Crippen LogP contribution is 2.31. The molecule has 1 fully saturated rings. The van der Waals surface area contributed by atoms with Gasteiger partial charge in [-0.3, -0.25) is 9.59 Å². The summed E-state index contributed by atoms with van der Waals surface area (Å²) in [6.07, 6.45) is 0.630. The number of nitrogens with one attached hydrogen (secondary N) is 2. The average Bonchev–Trinajstić information content (AvgIpc) is 3.13. The van der Waals surface area contributed by atoms with Crippen LogP contribution in [0.15, 0.2) is 16.7 Å². The van der Waals surface area contributed by atoms with Crippen molar-refractivity contribution in [2.75, 3.05) is 6.61 Å². The van der Waals surface area contributed by atoms with E-state index in [1.54, 1.807) is 13.8 Å².